The molecular formula is C11H12F3NO. The van der Waals surface area contributed by atoms with Crippen LogP contribution in [-0.4, -0.2) is 29.8 Å². The molecule has 1 heterocycles. The fourth-order valence-corrected chi connectivity index (χ4v) is 2.23. The largest absolute Gasteiger partial charge is 0.508 e. The molecule has 1 aliphatic heterocycles. The molecule has 0 saturated carbocycles. The number of alkyl halides is 3. The lowest BCUT2D eigenvalue weighted by Gasteiger charge is -2.51. The van der Waals surface area contributed by atoms with E-state index in [0.717, 1.165) is 0 Å². The summed E-state index contributed by atoms with van der Waals surface area (Å²) in [5.41, 5.74) is -2.07. The molecular weight excluding hydrogens is 219 g/mol. The number of likely N-dealkylation sites (tertiary alicyclic amines) is 1. The van der Waals surface area contributed by atoms with Gasteiger partial charge < -0.3 is 5.11 Å². The molecule has 1 aromatic rings. The molecule has 2 rings (SSSR count). The van der Waals surface area contributed by atoms with Crippen LogP contribution in [0.2, 0.25) is 0 Å². The van der Waals surface area contributed by atoms with Crippen LogP contribution in [0.1, 0.15) is 12.0 Å². The maximum Gasteiger partial charge on any atom is 0.411 e. The first kappa shape index (κ1) is 11.3. The molecule has 2 nitrogen and oxygen atoms in total. The highest BCUT2D eigenvalue weighted by atomic mass is 19.4. The van der Waals surface area contributed by atoms with Gasteiger partial charge in [-0.2, -0.15) is 13.2 Å². The van der Waals surface area contributed by atoms with E-state index in [4.69, 9.17) is 0 Å². The topological polar surface area (TPSA) is 23.5 Å². The molecule has 0 spiro atoms. The summed E-state index contributed by atoms with van der Waals surface area (Å²) in [7, 11) is 1.42. The van der Waals surface area contributed by atoms with E-state index in [-0.39, 0.29) is 17.7 Å². The Balaban J connectivity index is 2.54. The first-order valence-corrected chi connectivity index (χ1v) is 4.96. The Morgan fingerprint density at radius 3 is 2.31 bits per heavy atom. The summed E-state index contributed by atoms with van der Waals surface area (Å²) in [6.45, 7) is 0.383. The van der Waals surface area contributed by atoms with Crippen LogP contribution in [-0.2, 0) is 5.54 Å². The quantitative estimate of drug-likeness (QED) is 0.802. The molecule has 1 aromatic carbocycles. The second-order valence-corrected chi connectivity index (χ2v) is 4.05. The smallest absolute Gasteiger partial charge is 0.411 e. The monoisotopic (exact) mass is 231 g/mol. The summed E-state index contributed by atoms with van der Waals surface area (Å²) >= 11 is 0. The maximum absolute atomic E-state index is 13.1. The first-order chi connectivity index (χ1) is 7.39. The molecule has 0 amide bonds. The van der Waals surface area contributed by atoms with Crippen LogP contribution >= 0.6 is 0 Å². The minimum Gasteiger partial charge on any atom is -0.508 e. The SMILES string of the molecule is CN1CCC1(c1ccccc1O)C(F)(F)F. The zero-order chi connectivity index (χ0) is 12.0. The number of hydrogen-bond donors (Lipinski definition) is 1. The van der Waals surface area contributed by atoms with Gasteiger partial charge in [-0.05, 0) is 19.5 Å². The van der Waals surface area contributed by atoms with E-state index in [1.807, 2.05) is 0 Å². The number of nitrogens with zero attached hydrogens (tertiary/aromatic N) is 1. The Kier molecular flexibility index (Phi) is 2.38. The van der Waals surface area contributed by atoms with Crippen molar-refractivity contribution in [3.05, 3.63) is 29.8 Å². The predicted molar refractivity (Wildman–Crippen MR) is 53.1 cm³/mol. The average molecular weight is 231 g/mol. The summed E-state index contributed by atoms with van der Waals surface area (Å²) in [6.07, 6.45) is -4.39. The van der Waals surface area contributed by atoms with Crippen LogP contribution in [0.5, 0.6) is 5.75 Å². The van der Waals surface area contributed by atoms with Gasteiger partial charge in [0, 0.05) is 12.1 Å². The van der Waals surface area contributed by atoms with Crippen LogP contribution in [0.25, 0.3) is 0 Å². The van der Waals surface area contributed by atoms with Crippen molar-refractivity contribution in [2.45, 2.75) is 18.1 Å². The van der Waals surface area contributed by atoms with Gasteiger partial charge in [-0.15, -0.1) is 0 Å². The number of halogens is 3. The highest BCUT2D eigenvalue weighted by molar-refractivity contribution is 5.41. The maximum atomic E-state index is 13.1. The number of para-hydroxylation sites is 1. The van der Waals surface area contributed by atoms with Crippen LogP contribution in [0.4, 0.5) is 13.2 Å². The molecule has 1 aliphatic rings. The summed E-state index contributed by atoms with van der Waals surface area (Å²) in [6, 6.07) is 5.64. The van der Waals surface area contributed by atoms with Crippen LogP contribution in [0, 0.1) is 0 Å². The van der Waals surface area contributed by atoms with Gasteiger partial charge in [-0.1, -0.05) is 18.2 Å². The van der Waals surface area contributed by atoms with Crippen molar-refractivity contribution < 1.29 is 18.3 Å². The van der Waals surface area contributed by atoms with Crippen molar-refractivity contribution in [2.75, 3.05) is 13.6 Å². The van der Waals surface area contributed by atoms with Gasteiger partial charge in [-0.3, -0.25) is 4.90 Å². The predicted octanol–water partition coefficient (Wildman–Crippen LogP) is 2.49. The van der Waals surface area contributed by atoms with Crippen LogP contribution in [0.15, 0.2) is 24.3 Å². The van der Waals surface area contributed by atoms with Crippen molar-refractivity contribution in [1.82, 2.24) is 4.90 Å². The van der Waals surface area contributed by atoms with Crippen molar-refractivity contribution in [3.8, 4) is 5.75 Å². The van der Waals surface area contributed by atoms with Gasteiger partial charge in [-0.25, -0.2) is 0 Å². The van der Waals surface area contributed by atoms with E-state index in [0.29, 0.717) is 6.54 Å². The highest BCUT2D eigenvalue weighted by Gasteiger charge is 2.63. The summed E-state index contributed by atoms with van der Waals surface area (Å²) in [4.78, 5) is 1.22. The third-order valence-electron chi connectivity index (χ3n) is 3.28. The Bertz CT molecular complexity index is 404. The minimum absolute atomic E-state index is 0.00935. The zero-order valence-corrected chi connectivity index (χ0v) is 8.75. The van der Waals surface area contributed by atoms with E-state index in [9.17, 15) is 18.3 Å². The van der Waals surface area contributed by atoms with E-state index in [1.165, 1.54) is 36.2 Å². The van der Waals surface area contributed by atoms with Gasteiger partial charge in [0.1, 0.15) is 11.3 Å². The van der Waals surface area contributed by atoms with Crippen molar-refractivity contribution in [3.63, 3.8) is 0 Å². The number of phenols is 1. The van der Waals surface area contributed by atoms with Gasteiger partial charge >= 0.3 is 6.18 Å². The van der Waals surface area contributed by atoms with Crippen molar-refractivity contribution >= 4 is 0 Å². The fraction of sp³-hybridized carbons (Fsp3) is 0.455. The van der Waals surface area contributed by atoms with Gasteiger partial charge in [0.2, 0.25) is 0 Å². The van der Waals surface area contributed by atoms with Gasteiger partial charge in [0.05, 0.1) is 0 Å². The van der Waals surface area contributed by atoms with E-state index >= 15 is 0 Å². The number of hydrogen-bond acceptors (Lipinski definition) is 2. The third kappa shape index (κ3) is 1.31. The lowest BCUT2D eigenvalue weighted by molar-refractivity contribution is -0.267. The number of rotatable bonds is 1. The Labute approximate surface area is 91.3 Å². The number of aromatic hydroxyl groups is 1. The second-order valence-electron chi connectivity index (χ2n) is 4.05. The fourth-order valence-electron chi connectivity index (χ4n) is 2.23. The molecule has 16 heavy (non-hydrogen) atoms. The summed E-state index contributed by atoms with van der Waals surface area (Å²) < 4.78 is 39.4. The minimum atomic E-state index is -4.38. The van der Waals surface area contributed by atoms with Crippen molar-refractivity contribution in [1.29, 1.82) is 0 Å². The molecule has 1 unspecified atom stereocenters. The Morgan fingerprint density at radius 2 is 1.94 bits per heavy atom. The molecule has 0 aromatic heterocycles. The molecule has 88 valence electrons. The normalized spacial score (nSPS) is 26.5. The van der Waals surface area contributed by atoms with Crippen LogP contribution < -0.4 is 0 Å². The molecule has 0 aliphatic carbocycles. The van der Waals surface area contributed by atoms with Gasteiger partial charge in [0.25, 0.3) is 0 Å². The molecule has 1 N–H and O–H groups in total. The average Bonchev–Trinajstić information content (AvgIpc) is 2.17. The lowest BCUT2D eigenvalue weighted by Crippen LogP contribution is -2.63. The molecule has 0 radical (unpaired) electrons. The Hall–Kier alpha value is -1.23. The molecule has 1 saturated heterocycles. The van der Waals surface area contributed by atoms with E-state index in [1.54, 1.807) is 0 Å². The summed E-state index contributed by atoms with van der Waals surface area (Å²) in [5, 5.41) is 9.57. The standard InChI is InChI=1S/C11H12F3NO/c1-15-7-6-10(15,11(12,13)14)8-4-2-3-5-9(8)16/h2-5,16H,6-7H2,1H3. The molecule has 1 atom stereocenters. The molecule has 5 heteroatoms. The van der Waals surface area contributed by atoms with E-state index < -0.39 is 11.7 Å². The lowest BCUT2D eigenvalue weighted by atomic mass is 9.77. The van der Waals surface area contributed by atoms with Crippen LogP contribution in [0.3, 0.4) is 0 Å². The first-order valence-electron chi connectivity index (χ1n) is 4.96. The van der Waals surface area contributed by atoms with Gasteiger partial charge in [0.15, 0.2) is 0 Å². The van der Waals surface area contributed by atoms with Crippen molar-refractivity contribution in [2.24, 2.45) is 0 Å². The Morgan fingerprint density at radius 1 is 1.31 bits per heavy atom. The zero-order valence-electron chi connectivity index (χ0n) is 8.75. The molecule has 0 bridgehead atoms. The third-order valence-corrected chi connectivity index (χ3v) is 3.28. The van der Waals surface area contributed by atoms with E-state index in [2.05, 4.69) is 0 Å². The summed E-state index contributed by atoms with van der Waals surface area (Å²) in [5.74, 6) is -0.300. The number of benzene rings is 1. The molecule has 1 fully saturated rings. The number of phenolic OH excluding ortho intramolecular Hbond substituents is 1. The second kappa shape index (κ2) is 3.38. The highest BCUT2D eigenvalue weighted by Crippen LogP contribution is 2.53.